The van der Waals surface area contributed by atoms with E-state index in [-0.39, 0.29) is 0 Å². The van der Waals surface area contributed by atoms with Gasteiger partial charge in [0.2, 0.25) is 0 Å². The van der Waals surface area contributed by atoms with Gasteiger partial charge in [-0.25, -0.2) is 0 Å². The summed E-state index contributed by atoms with van der Waals surface area (Å²) in [4.78, 5) is 0. The third-order valence-electron chi connectivity index (χ3n) is 1.89. The second kappa shape index (κ2) is 2.13. The molecule has 0 fully saturated rings. The number of rotatable bonds is 0. The van der Waals surface area contributed by atoms with Gasteiger partial charge in [0.1, 0.15) is 0 Å². The van der Waals surface area contributed by atoms with E-state index in [2.05, 4.69) is 39.2 Å². The summed E-state index contributed by atoms with van der Waals surface area (Å²) in [5, 5.41) is 0. The van der Waals surface area contributed by atoms with Crippen molar-refractivity contribution < 1.29 is 0 Å². The lowest BCUT2D eigenvalue weighted by atomic mass is 10.2. The van der Waals surface area contributed by atoms with Crippen LogP contribution < -0.4 is 4.57 Å². The van der Waals surface area contributed by atoms with E-state index in [4.69, 9.17) is 0 Å². The lowest BCUT2D eigenvalue weighted by molar-refractivity contribution is 1.05. The number of para-hydroxylation sites is 1. The van der Waals surface area contributed by atoms with E-state index in [9.17, 15) is 0 Å². The fraction of sp³-hybridized carbons (Fsp3) is 0.250. The predicted molar refractivity (Wildman–Crippen MR) is 43.2 cm³/mol. The summed E-state index contributed by atoms with van der Waals surface area (Å²) in [7, 11) is 3.52. The van der Waals surface area contributed by atoms with Gasteiger partial charge in [-0.3, -0.25) is 0 Å². The highest BCUT2D eigenvalue weighted by molar-refractivity contribution is 6.18. The molecule has 1 aliphatic rings. The largest absolute Gasteiger partial charge is 0.399 e. The van der Waals surface area contributed by atoms with E-state index in [0.29, 0.717) is 0 Å². The Bertz CT molecular complexity index is 247. The van der Waals surface area contributed by atoms with Crippen molar-refractivity contribution in [2.45, 2.75) is 6.42 Å². The van der Waals surface area contributed by atoms with Crippen molar-refractivity contribution in [1.82, 2.24) is 0 Å². The van der Waals surface area contributed by atoms with Crippen LogP contribution in [0.5, 0.6) is 0 Å². The van der Waals surface area contributed by atoms with Gasteiger partial charge in [0.25, 0.3) is 0 Å². The second-order valence-electron chi connectivity index (χ2n) is 2.53. The first-order valence-electron chi connectivity index (χ1n) is 3.44. The normalized spacial score (nSPS) is 15.5. The van der Waals surface area contributed by atoms with Crippen LogP contribution in [-0.4, -0.2) is 16.9 Å². The van der Waals surface area contributed by atoms with Crippen molar-refractivity contribution in [2.24, 2.45) is 0 Å². The lowest BCUT2D eigenvalue weighted by Gasteiger charge is -2.09. The maximum absolute atomic E-state index is 3.52. The van der Waals surface area contributed by atoms with E-state index in [1.165, 1.54) is 17.7 Å². The average molecular weight is 146 g/mol. The molecule has 1 aromatic rings. The third kappa shape index (κ3) is 0.761. The summed E-state index contributed by atoms with van der Waals surface area (Å²) >= 11 is 0. The van der Waals surface area contributed by atoms with Crippen LogP contribution in [0, 0.1) is 0 Å². The highest BCUT2D eigenvalue weighted by atomic mass is 28.2. The van der Waals surface area contributed by atoms with Crippen LogP contribution in [0.25, 0.3) is 0 Å². The number of benzene rings is 1. The third-order valence-corrected chi connectivity index (χ3v) is 2.35. The SMILES string of the molecule is [Si]N1CCc2ccccc21. The van der Waals surface area contributed by atoms with E-state index in [1.807, 2.05) is 0 Å². The van der Waals surface area contributed by atoms with Crippen molar-refractivity contribution >= 4 is 16.1 Å². The van der Waals surface area contributed by atoms with Gasteiger partial charge in [-0.1, -0.05) is 18.2 Å². The zero-order chi connectivity index (χ0) is 6.97. The Morgan fingerprint density at radius 3 is 2.90 bits per heavy atom. The molecule has 1 aliphatic heterocycles. The number of hydrogen-bond acceptors (Lipinski definition) is 1. The molecule has 2 rings (SSSR count). The van der Waals surface area contributed by atoms with Gasteiger partial charge in [-0.2, -0.15) is 0 Å². The quantitative estimate of drug-likeness (QED) is 0.496. The lowest BCUT2D eigenvalue weighted by Crippen LogP contribution is -2.14. The molecule has 10 heavy (non-hydrogen) atoms. The maximum Gasteiger partial charge on any atom is 0.189 e. The van der Waals surface area contributed by atoms with Crippen LogP contribution in [0.15, 0.2) is 24.3 Å². The molecule has 0 aliphatic carbocycles. The molecular weight excluding hydrogens is 138 g/mol. The van der Waals surface area contributed by atoms with Crippen molar-refractivity contribution in [2.75, 3.05) is 11.1 Å². The van der Waals surface area contributed by atoms with Gasteiger partial charge in [0, 0.05) is 12.2 Å². The molecule has 2 heteroatoms. The molecule has 49 valence electrons. The van der Waals surface area contributed by atoms with Gasteiger partial charge < -0.3 is 4.57 Å². The number of anilines is 1. The highest BCUT2D eigenvalue weighted by Gasteiger charge is 2.12. The topological polar surface area (TPSA) is 3.24 Å². The standard InChI is InChI=1S/C8H8NSi/c10-9-6-5-7-3-1-2-4-8(7)9/h1-4H,5-6H2. The average Bonchev–Trinajstić information content (AvgIpc) is 2.34. The molecule has 0 saturated heterocycles. The summed E-state index contributed by atoms with van der Waals surface area (Å²) in [6.45, 7) is 1.09. The fourth-order valence-corrected chi connectivity index (χ4v) is 1.67. The molecule has 0 saturated carbocycles. The molecule has 0 N–H and O–H groups in total. The smallest absolute Gasteiger partial charge is 0.189 e. The number of fused-ring (bicyclic) bond motifs is 1. The molecule has 1 heterocycles. The van der Waals surface area contributed by atoms with Crippen molar-refractivity contribution in [3.05, 3.63) is 29.8 Å². The molecule has 0 amide bonds. The molecule has 0 unspecified atom stereocenters. The summed E-state index contributed by atoms with van der Waals surface area (Å²) in [5.74, 6) is 0. The molecule has 0 bridgehead atoms. The molecule has 1 aromatic carbocycles. The predicted octanol–water partition coefficient (Wildman–Crippen LogP) is 1.13. The van der Waals surface area contributed by atoms with Crippen molar-refractivity contribution in [3.8, 4) is 0 Å². The van der Waals surface area contributed by atoms with Crippen molar-refractivity contribution in [1.29, 1.82) is 0 Å². The summed E-state index contributed by atoms with van der Waals surface area (Å²) in [6.07, 6.45) is 1.17. The Morgan fingerprint density at radius 1 is 1.30 bits per heavy atom. The summed E-state index contributed by atoms with van der Waals surface area (Å²) in [5.41, 5.74) is 2.76. The minimum absolute atomic E-state index is 1.09. The Hall–Kier alpha value is -0.763. The Labute approximate surface area is 64.2 Å². The molecule has 0 aromatic heterocycles. The van der Waals surface area contributed by atoms with Crippen LogP contribution in [0.4, 0.5) is 5.69 Å². The first kappa shape index (κ1) is 5.98. The van der Waals surface area contributed by atoms with E-state index in [1.54, 1.807) is 0 Å². The highest BCUT2D eigenvalue weighted by Crippen LogP contribution is 2.24. The monoisotopic (exact) mass is 146 g/mol. The number of hydrogen-bond donors (Lipinski definition) is 0. The zero-order valence-electron chi connectivity index (χ0n) is 5.67. The molecule has 0 spiro atoms. The number of nitrogens with zero attached hydrogens (tertiary/aromatic N) is 1. The van der Waals surface area contributed by atoms with Gasteiger partial charge in [0.05, 0.1) is 0 Å². The van der Waals surface area contributed by atoms with Crippen LogP contribution in [0.3, 0.4) is 0 Å². The minimum atomic E-state index is 1.09. The van der Waals surface area contributed by atoms with E-state index >= 15 is 0 Å². The van der Waals surface area contributed by atoms with Gasteiger partial charge in [0.15, 0.2) is 10.4 Å². The zero-order valence-corrected chi connectivity index (χ0v) is 6.67. The van der Waals surface area contributed by atoms with Crippen LogP contribution >= 0.6 is 0 Å². The van der Waals surface area contributed by atoms with E-state index in [0.717, 1.165) is 6.54 Å². The first-order chi connectivity index (χ1) is 4.88. The van der Waals surface area contributed by atoms with Crippen molar-refractivity contribution in [3.63, 3.8) is 0 Å². The fourth-order valence-electron chi connectivity index (χ4n) is 1.34. The summed E-state index contributed by atoms with van der Waals surface area (Å²) in [6, 6.07) is 8.46. The van der Waals surface area contributed by atoms with Gasteiger partial charge in [-0.05, 0) is 18.1 Å². The minimum Gasteiger partial charge on any atom is -0.399 e. The first-order valence-corrected chi connectivity index (χ1v) is 3.89. The Kier molecular flexibility index (Phi) is 1.27. The van der Waals surface area contributed by atoms with Crippen LogP contribution in [0.2, 0.25) is 0 Å². The Morgan fingerprint density at radius 2 is 2.10 bits per heavy atom. The second-order valence-corrected chi connectivity index (χ2v) is 3.07. The molecule has 0 atom stereocenters. The van der Waals surface area contributed by atoms with Crippen LogP contribution in [-0.2, 0) is 6.42 Å². The Balaban J connectivity index is 2.51. The van der Waals surface area contributed by atoms with Crippen LogP contribution in [0.1, 0.15) is 5.56 Å². The maximum atomic E-state index is 3.52. The van der Waals surface area contributed by atoms with E-state index < -0.39 is 0 Å². The molecule has 1 nitrogen and oxygen atoms in total. The molecular formula is C8H8NSi. The van der Waals surface area contributed by atoms with Gasteiger partial charge in [-0.15, -0.1) is 0 Å². The molecule has 3 radical (unpaired) electrons. The summed E-state index contributed by atoms with van der Waals surface area (Å²) < 4.78 is 2.11. The van der Waals surface area contributed by atoms with Gasteiger partial charge >= 0.3 is 0 Å².